The molecule has 0 radical (unpaired) electrons. The van der Waals surface area contributed by atoms with Crippen LogP contribution >= 0.6 is 0 Å². The molecule has 21 heavy (non-hydrogen) atoms. The van der Waals surface area contributed by atoms with Crippen molar-refractivity contribution in [2.75, 3.05) is 19.6 Å². The Bertz CT molecular complexity index is 493. The third-order valence-corrected chi connectivity index (χ3v) is 3.40. The lowest BCUT2D eigenvalue weighted by Gasteiger charge is -2.14. The van der Waals surface area contributed by atoms with Gasteiger partial charge in [-0.2, -0.15) is 0 Å². The van der Waals surface area contributed by atoms with E-state index in [2.05, 4.69) is 5.32 Å². The first-order chi connectivity index (χ1) is 10.1. The first kappa shape index (κ1) is 15.1. The maximum atomic E-state index is 11.6. The maximum Gasteiger partial charge on any atom is 0.407 e. The zero-order valence-electron chi connectivity index (χ0n) is 11.4. The number of hydrogen-bond donors (Lipinski definition) is 3. The summed E-state index contributed by atoms with van der Waals surface area (Å²) in [5, 5.41) is 21.1. The van der Waals surface area contributed by atoms with Gasteiger partial charge in [-0.05, 0) is 5.56 Å². The predicted octanol–water partition coefficient (Wildman–Crippen LogP) is 0.883. The standard InChI is InChI=1S/C14H18N2O5/c17-12-8-16(14(19)20)7-11(12)6-15-13(18)21-9-10-4-2-1-3-5-10/h1-5,11-12,17H,6-9H2,(H,15,18)(H,19,20)/t11-,12+/m1/s1. The molecule has 2 atom stereocenters. The number of alkyl carbamates (subject to hydrolysis) is 1. The van der Waals surface area contributed by atoms with Crippen molar-refractivity contribution in [2.45, 2.75) is 12.7 Å². The quantitative estimate of drug-likeness (QED) is 0.765. The highest BCUT2D eigenvalue weighted by Crippen LogP contribution is 2.16. The van der Waals surface area contributed by atoms with E-state index in [0.717, 1.165) is 10.5 Å². The molecule has 0 saturated carbocycles. The molecule has 1 saturated heterocycles. The minimum Gasteiger partial charge on any atom is -0.465 e. The van der Waals surface area contributed by atoms with Gasteiger partial charge >= 0.3 is 12.2 Å². The zero-order chi connectivity index (χ0) is 15.2. The van der Waals surface area contributed by atoms with E-state index in [0.29, 0.717) is 0 Å². The van der Waals surface area contributed by atoms with Gasteiger partial charge in [0.05, 0.1) is 12.6 Å². The molecule has 1 aromatic rings. The number of benzene rings is 1. The molecule has 1 fully saturated rings. The number of carbonyl (C=O) groups is 2. The third-order valence-electron chi connectivity index (χ3n) is 3.40. The lowest BCUT2D eigenvalue weighted by molar-refractivity contribution is 0.122. The number of aliphatic hydroxyl groups excluding tert-OH is 1. The Balaban J connectivity index is 1.71. The molecule has 1 aromatic carbocycles. The lowest BCUT2D eigenvalue weighted by Crippen LogP contribution is -2.34. The SMILES string of the molecule is O=C(NC[C@@H]1CN(C(=O)O)C[C@@H]1O)OCc1ccccc1. The predicted molar refractivity (Wildman–Crippen MR) is 73.7 cm³/mol. The molecule has 7 nitrogen and oxygen atoms in total. The van der Waals surface area contributed by atoms with Crippen LogP contribution in [0.4, 0.5) is 9.59 Å². The molecule has 114 valence electrons. The van der Waals surface area contributed by atoms with Gasteiger partial charge in [0.15, 0.2) is 0 Å². The van der Waals surface area contributed by atoms with Crippen molar-refractivity contribution in [1.82, 2.24) is 10.2 Å². The minimum absolute atomic E-state index is 0.0702. The molecular formula is C14H18N2O5. The van der Waals surface area contributed by atoms with Crippen molar-refractivity contribution in [3.63, 3.8) is 0 Å². The smallest absolute Gasteiger partial charge is 0.407 e. The maximum absolute atomic E-state index is 11.6. The molecule has 0 bridgehead atoms. The van der Waals surface area contributed by atoms with Crippen LogP contribution in [0.3, 0.4) is 0 Å². The number of carboxylic acid groups (broad SMARTS) is 1. The minimum atomic E-state index is -1.07. The van der Waals surface area contributed by atoms with E-state index in [4.69, 9.17) is 9.84 Å². The fourth-order valence-corrected chi connectivity index (χ4v) is 2.20. The van der Waals surface area contributed by atoms with Gasteiger partial charge in [0.2, 0.25) is 0 Å². The van der Waals surface area contributed by atoms with Crippen LogP contribution in [0.1, 0.15) is 5.56 Å². The normalized spacial score (nSPS) is 21.1. The second kappa shape index (κ2) is 6.94. The largest absolute Gasteiger partial charge is 0.465 e. The summed E-state index contributed by atoms with van der Waals surface area (Å²) < 4.78 is 5.04. The van der Waals surface area contributed by atoms with Gasteiger partial charge in [-0.3, -0.25) is 0 Å². The molecule has 1 aliphatic rings. The Morgan fingerprint density at radius 2 is 2.00 bits per heavy atom. The van der Waals surface area contributed by atoms with Gasteiger partial charge in [0.25, 0.3) is 0 Å². The van der Waals surface area contributed by atoms with Crippen molar-refractivity contribution in [3.8, 4) is 0 Å². The van der Waals surface area contributed by atoms with E-state index in [1.165, 1.54) is 0 Å². The second-order valence-corrected chi connectivity index (χ2v) is 4.96. The fourth-order valence-electron chi connectivity index (χ4n) is 2.20. The Kier molecular flexibility index (Phi) is 4.99. The Labute approximate surface area is 122 Å². The van der Waals surface area contributed by atoms with Gasteiger partial charge < -0.3 is 25.2 Å². The van der Waals surface area contributed by atoms with Crippen LogP contribution in [0.25, 0.3) is 0 Å². The summed E-state index contributed by atoms with van der Waals surface area (Å²) in [5.41, 5.74) is 0.880. The van der Waals surface area contributed by atoms with Crippen LogP contribution < -0.4 is 5.32 Å². The number of rotatable bonds is 4. The molecule has 0 aliphatic carbocycles. The van der Waals surface area contributed by atoms with Crippen molar-refractivity contribution in [2.24, 2.45) is 5.92 Å². The first-order valence-electron chi connectivity index (χ1n) is 6.66. The molecule has 1 aliphatic heterocycles. The van der Waals surface area contributed by atoms with Gasteiger partial charge in [0.1, 0.15) is 6.61 Å². The third kappa shape index (κ3) is 4.35. The monoisotopic (exact) mass is 294 g/mol. The number of amides is 2. The summed E-state index contributed by atoms with van der Waals surface area (Å²) in [6.07, 6.45) is -2.42. The summed E-state index contributed by atoms with van der Waals surface area (Å²) >= 11 is 0. The van der Waals surface area contributed by atoms with E-state index in [-0.39, 0.29) is 32.2 Å². The summed E-state index contributed by atoms with van der Waals surface area (Å²) in [6, 6.07) is 9.27. The molecule has 3 N–H and O–H groups in total. The van der Waals surface area contributed by atoms with Crippen LogP contribution in [-0.2, 0) is 11.3 Å². The number of carbonyl (C=O) groups excluding carboxylic acids is 1. The van der Waals surface area contributed by atoms with E-state index < -0.39 is 18.3 Å². The highest BCUT2D eigenvalue weighted by atomic mass is 16.5. The molecule has 2 amide bonds. The van der Waals surface area contributed by atoms with Crippen LogP contribution in [0.15, 0.2) is 30.3 Å². The molecule has 1 heterocycles. The molecule has 0 aromatic heterocycles. The number of β-amino-alcohol motifs (C(OH)–C–C–N with tert-alkyl or cyclic N) is 1. The van der Waals surface area contributed by atoms with Crippen molar-refractivity contribution in [3.05, 3.63) is 35.9 Å². The topological polar surface area (TPSA) is 99.1 Å². The van der Waals surface area contributed by atoms with E-state index in [1.54, 1.807) is 0 Å². The number of likely N-dealkylation sites (tertiary alicyclic amines) is 1. The van der Waals surface area contributed by atoms with Gasteiger partial charge in [-0.25, -0.2) is 9.59 Å². The van der Waals surface area contributed by atoms with Gasteiger partial charge in [-0.1, -0.05) is 30.3 Å². The number of nitrogens with zero attached hydrogens (tertiary/aromatic N) is 1. The average Bonchev–Trinajstić information content (AvgIpc) is 2.85. The average molecular weight is 294 g/mol. The first-order valence-corrected chi connectivity index (χ1v) is 6.66. The number of hydrogen-bond acceptors (Lipinski definition) is 4. The molecule has 0 spiro atoms. The number of nitrogens with one attached hydrogen (secondary N) is 1. The Morgan fingerprint density at radius 1 is 1.29 bits per heavy atom. The van der Waals surface area contributed by atoms with Gasteiger partial charge in [-0.15, -0.1) is 0 Å². The highest BCUT2D eigenvalue weighted by molar-refractivity contribution is 5.67. The summed E-state index contributed by atoms with van der Waals surface area (Å²) in [4.78, 5) is 23.5. The van der Waals surface area contributed by atoms with E-state index in [1.807, 2.05) is 30.3 Å². The summed E-state index contributed by atoms with van der Waals surface area (Å²) in [7, 11) is 0. The molecule has 0 unspecified atom stereocenters. The number of ether oxygens (including phenoxy) is 1. The van der Waals surface area contributed by atoms with Crippen LogP contribution in [0.5, 0.6) is 0 Å². The van der Waals surface area contributed by atoms with E-state index in [9.17, 15) is 14.7 Å². The van der Waals surface area contributed by atoms with Crippen LogP contribution in [-0.4, -0.2) is 53.0 Å². The van der Waals surface area contributed by atoms with E-state index >= 15 is 0 Å². The van der Waals surface area contributed by atoms with Crippen LogP contribution in [0, 0.1) is 5.92 Å². The summed E-state index contributed by atoms with van der Waals surface area (Å²) in [6.45, 7) is 0.621. The van der Waals surface area contributed by atoms with Crippen LogP contribution in [0.2, 0.25) is 0 Å². The van der Waals surface area contributed by atoms with Crippen molar-refractivity contribution >= 4 is 12.2 Å². The highest BCUT2D eigenvalue weighted by Gasteiger charge is 2.34. The van der Waals surface area contributed by atoms with Gasteiger partial charge in [0, 0.05) is 19.0 Å². The fraction of sp³-hybridized carbons (Fsp3) is 0.429. The second-order valence-electron chi connectivity index (χ2n) is 4.96. The molecule has 2 rings (SSSR count). The zero-order valence-corrected chi connectivity index (χ0v) is 11.4. The Hall–Kier alpha value is -2.28. The number of aliphatic hydroxyl groups is 1. The molecular weight excluding hydrogens is 276 g/mol. The molecule has 7 heteroatoms. The van der Waals surface area contributed by atoms with Crippen molar-refractivity contribution < 1.29 is 24.5 Å². The lowest BCUT2D eigenvalue weighted by atomic mass is 10.1. The van der Waals surface area contributed by atoms with Crippen molar-refractivity contribution in [1.29, 1.82) is 0 Å². The Morgan fingerprint density at radius 3 is 2.62 bits per heavy atom. The summed E-state index contributed by atoms with van der Waals surface area (Å²) in [5.74, 6) is -0.314.